The quantitative estimate of drug-likeness (QED) is 0.242. The highest BCUT2D eigenvalue weighted by molar-refractivity contribution is 6.11. The Labute approximate surface area is 226 Å². The SMILES string of the molecule is CC1(C)c2cccnc2-n2c3cc(Oc4cccc(-c5nccc6ccccc56)c4)ccc3c3cccc1c32. The second-order valence-electron chi connectivity index (χ2n) is 10.7. The minimum absolute atomic E-state index is 0.136. The van der Waals surface area contributed by atoms with Gasteiger partial charge in [0.15, 0.2) is 0 Å². The molecule has 4 heteroatoms. The number of pyridine rings is 2. The Morgan fingerprint density at radius 3 is 2.41 bits per heavy atom. The van der Waals surface area contributed by atoms with Crippen LogP contribution in [0.5, 0.6) is 11.5 Å². The van der Waals surface area contributed by atoms with Crippen molar-refractivity contribution in [1.29, 1.82) is 0 Å². The zero-order chi connectivity index (χ0) is 26.1. The Hall–Kier alpha value is -4.96. The number of nitrogens with zero attached hydrogens (tertiary/aromatic N) is 3. The van der Waals surface area contributed by atoms with Gasteiger partial charge in [-0.05, 0) is 47.3 Å². The minimum atomic E-state index is -0.136. The third-order valence-electron chi connectivity index (χ3n) is 8.12. The van der Waals surface area contributed by atoms with E-state index in [2.05, 4.69) is 97.3 Å². The maximum absolute atomic E-state index is 6.47. The Bertz CT molecular complexity index is 2080. The number of rotatable bonds is 3. The lowest BCUT2D eigenvalue weighted by molar-refractivity contribution is 0.483. The van der Waals surface area contributed by atoms with Gasteiger partial charge in [-0.15, -0.1) is 0 Å². The first-order chi connectivity index (χ1) is 19.1. The fourth-order valence-corrected chi connectivity index (χ4v) is 6.23. The summed E-state index contributed by atoms with van der Waals surface area (Å²) < 4.78 is 8.78. The van der Waals surface area contributed by atoms with Gasteiger partial charge in [0.25, 0.3) is 0 Å². The largest absolute Gasteiger partial charge is 0.457 e. The molecule has 8 rings (SSSR count). The van der Waals surface area contributed by atoms with Gasteiger partial charge in [0.2, 0.25) is 0 Å². The molecule has 4 heterocycles. The van der Waals surface area contributed by atoms with Crippen LogP contribution in [-0.4, -0.2) is 14.5 Å². The predicted molar refractivity (Wildman–Crippen MR) is 158 cm³/mol. The van der Waals surface area contributed by atoms with Crippen LogP contribution in [0.15, 0.2) is 116 Å². The van der Waals surface area contributed by atoms with E-state index in [9.17, 15) is 0 Å². The molecule has 0 amide bonds. The van der Waals surface area contributed by atoms with E-state index in [0.29, 0.717) is 0 Å². The maximum atomic E-state index is 6.47. The van der Waals surface area contributed by atoms with Crippen LogP contribution < -0.4 is 4.74 Å². The van der Waals surface area contributed by atoms with E-state index >= 15 is 0 Å². The maximum Gasteiger partial charge on any atom is 0.141 e. The second-order valence-corrected chi connectivity index (χ2v) is 10.7. The summed E-state index contributed by atoms with van der Waals surface area (Å²) in [6.07, 6.45) is 3.75. The number of para-hydroxylation sites is 1. The molecule has 0 saturated carbocycles. The first kappa shape index (κ1) is 22.1. The van der Waals surface area contributed by atoms with Gasteiger partial charge in [0, 0.05) is 51.2 Å². The fourth-order valence-electron chi connectivity index (χ4n) is 6.23. The molecule has 0 saturated heterocycles. The summed E-state index contributed by atoms with van der Waals surface area (Å²) in [6.45, 7) is 4.57. The number of hydrogen-bond donors (Lipinski definition) is 0. The lowest BCUT2D eigenvalue weighted by Gasteiger charge is -2.33. The Morgan fingerprint density at radius 2 is 1.46 bits per heavy atom. The van der Waals surface area contributed by atoms with E-state index in [4.69, 9.17) is 14.7 Å². The Kier molecular flexibility index (Phi) is 4.54. The van der Waals surface area contributed by atoms with Crippen molar-refractivity contribution in [3.63, 3.8) is 0 Å². The van der Waals surface area contributed by atoms with Crippen molar-refractivity contribution in [2.24, 2.45) is 0 Å². The minimum Gasteiger partial charge on any atom is -0.457 e. The summed E-state index contributed by atoms with van der Waals surface area (Å²) in [5, 5.41) is 4.73. The highest BCUT2D eigenvalue weighted by atomic mass is 16.5. The van der Waals surface area contributed by atoms with E-state index in [0.717, 1.165) is 39.5 Å². The Morgan fingerprint density at radius 1 is 0.641 bits per heavy atom. The zero-order valence-electron chi connectivity index (χ0n) is 21.7. The van der Waals surface area contributed by atoms with Gasteiger partial charge in [-0.25, -0.2) is 4.98 Å². The third-order valence-corrected chi connectivity index (χ3v) is 8.12. The fraction of sp³-hybridized carbons (Fsp3) is 0.0857. The van der Waals surface area contributed by atoms with Crippen LogP contribution in [0, 0.1) is 0 Å². The molecule has 4 aromatic carbocycles. The lowest BCUT2D eigenvalue weighted by atomic mass is 9.76. The van der Waals surface area contributed by atoms with Gasteiger partial charge in [-0.2, -0.15) is 0 Å². The number of hydrogen-bond acceptors (Lipinski definition) is 3. The molecule has 0 radical (unpaired) electrons. The van der Waals surface area contributed by atoms with Gasteiger partial charge in [-0.3, -0.25) is 9.55 Å². The van der Waals surface area contributed by atoms with Crippen LogP contribution in [0.3, 0.4) is 0 Å². The van der Waals surface area contributed by atoms with Crippen molar-refractivity contribution in [2.45, 2.75) is 19.3 Å². The predicted octanol–water partition coefficient (Wildman–Crippen LogP) is 8.83. The summed E-state index contributed by atoms with van der Waals surface area (Å²) >= 11 is 0. The summed E-state index contributed by atoms with van der Waals surface area (Å²) in [4.78, 5) is 9.56. The van der Waals surface area contributed by atoms with Gasteiger partial charge in [0.1, 0.15) is 17.3 Å². The Balaban J connectivity index is 1.27. The standard InChI is InChI=1S/C35H25N3O/c1-35(2)29-13-6-12-28-27-16-15-25(21-31(27)38(33(28)29)34-30(35)14-7-18-37-34)39-24-10-5-9-23(20-24)32-26-11-4-3-8-22(26)17-19-36-32/h3-21H,1-2H3. The smallest absolute Gasteiger partial charge is 0.141 e. The molecule has 0 aliphatic carbocycles. The number of fused-ring (bicyclic) bond motifs is 6. The first-order valence-electron chi connectivity index (χ1n) is 13.3. The molecule has 0 atom stereocenters. The van der Waals surface area contributed by atoms with Crippen LogP contribution in [0.1, 0.15) is 25.0 Å². The number of aromatic nitrogens is 3. The van der Waals surface area contributed by atoms with Gasteiger partial charge >= 0.3 is 0 Å². The van der Waals surface area contributed by atoms with Crippen molar-refractivity contribution in [1.82, 2.24) is 14.5 Å². The van der Waals surface area contributed by atoms with Crippen molar-refractivity contribution in [3.8, 4) is 28.6 Å². The summed E-state index contributed by atoms with van der Waals surface area (Å²) in [7, 11) is 0. The molecular formula is C35H25N3O. The third kappa shape index (κ3) is 3.18. The molecule has 0 spiro atoms. The van der Waals surface area contributed by atoms with Crippen molar-refractivity contribution < 1.29 is 4.74 Å². The van der Waals surface area contributed by atoms with Crippen molar-refractivity contribution in [2.75, 3.05) is 0 Å². The molecule has 1 aliphatic rings. The molecule has 0 fully saturated rings. The molecule has 39 heavy (non-hydrogen) atoms. The molecule has 1 aliphatic heterocycles. The zero-order valence-corrected chi connectivity index (χ0v) is 21.7. The molecule has 0 unspecified atom stereocenters. The van der Waals surface area contributed by atoms with Crippen LogP contribution in [0.2, 0.25) is 0 Å². The molecule has 7 aromatic rings. The average molecular weight is 504 g/mol. The van der Waals surface area contributed by atoms with E-state index < -0.39 is 0 Å². The highest BCUT2D eigenvalue weighted by Crippen LogP contribution is 2.47. The lowest BCUT2D eigenvalue weighted by Crippen LogP contribution is -2.26. The summed E-state index contributed by atoms with van der Waals surface area (Å²) in [6, 6.07) is 35.8. The van der Waals surface area contributed by atoms with Crippen LogP contribution >= 0.6 is 0 Å². The second kappa shape index (κ2) is 8.02. The van der Waals surface area contributed by atoms with Gasteiger partial charge < -0.3 is 4.74 Å². The summed E-state index contributed by atoms with van der Waals surface area (Å²) in [5.41, 5.74) is 6.71. The van der Waals surface area contributed by atoms with E-state index in [-0.39, 0.29) is 5.41 Å². The van der Waals surface area contributed by atoms with Crippen LogP contribution in [0.4, 0.5) is 0 Å². The molecular weight excluding hydrogens is 478 g/mol. The number of ether oxygens (including phenoxy) is 1. The molecule has 0 N–H and O–H groups in total. The topological polar surface area (TPSA) is 39.9 Å². The molecule has 4 nitrogen and oxygen atoms in total. The van der Waals surface area contributed by atoms with E-state index in [1.807, 2.05) is 36.7 Å². The van der Waals surface area contributed by atoms with E-state index in [1.165, 1.54) is 32.8 Å². The average Bonchev–Trinajstić information content (AvgIpc) is 3.30. The highest BCUT2D eigenvalue weighted by Gasteiger charge is 2.35. The molecule has 3 aromatic heterocycles. The van der Waals surface area contributed by atoms with Crippen LogP contribution in [-0.2, 0) is 5.41 Å². The molecule has 0 bridgehead atoms. The summed E-state index contributed by atoms with van der Waals surface area (Å²) in [5.74, 6) is 2.55. The number of benzene rings is 4. The molecule has 186 valence electrons. The van der Waals surface area contributed by atoms with Crippen molar-refractivity contribution in [3.05, 3.63) is 127 Å². The monoisotopic (exact) mass is 503 g/mol. The van der Waals surface area contributed by atoms with Crippen LogP contribution in [0.25, 0.3) is 49.7 Å². The first-order valence-corrected chi connectivity index (χ1v) is 13.3. The van der Waals surface area contributed by atoms with Crippen molar-refractivity contribution >= 4 is 32.6 Å². The van der Waals surface area contributed by atoms with E-state index in [1.54, 1.807) is 0 Å². The normalized spacial score (nSPS) is 13.6. The van der Waals surface area contributed by atoms with Gasteiger partial charge in [-0.1, -0.05) is 74.5 Å². The van der Waals surface area contributed by atoms with Gasteiger partial charge in [0.05, 0.1) is 16.7 Å².